The van der Waals surface area contributed by atoms with Gasteiger partial charge in [0.2, 0.25) is 0 Å². The third-order valence-electron chi connectivity index (χ3n) is 1.40. The van der Waals surface area contributed by atoms with Crippen molar-refractivity contribution >= 4 is 0 Å². The van der Waals surface area contributed by atoms with Gasteiger partial charge < -0.3 is 0 Å². The molecule has 0 aromatic rings. The van der Waals surface area contributed by atoms with E-state index in [4.69, 9.17) is 0 Å². The molecule has 0 amide bonds. The fourth-order valence-electron chi connectivity index (χ4n) is 0.594. The highest BCUT2D eigenvalue weighted by molar-refractivity contribution is 4.94. The molecule has 0 bridgehead atoms. The zero-order valence-corrected chi connectivity index (χ0v) is 6.64. The Kier molecular flexibility index (Phi) is 3.43. The molecule has 7 heteroatoms. The quantitative estimate of drug-likeness (QED) is 0.508. The van der Waals surface area contributed by atoms with E-state index < -0.39 is 30.9 Å². The van der Waals surface area contributed by atoms with Crippen molar-refractivity contribution in [1.29, 1.82) is 0 Å². The van der Waals surface area contributed by atoms with Gasteiger partial charge in [0.25, 0.3) is 0 Å². The Labute approximate surface area is 75.1 Å². The molecule has 0 aromatic carbocycles. The average Bonchev–Trinajstić information content (AvgIpc) is 1.98. The molecular formula is C7H5F7. The monoisotopic (exact) mass is 222 g/mol. The van der Waals surface area contributed by atoms with Gasteiger partial charge >= 0.3 is 18.0 Å². The molecule has 0 aromatic heterocycles. The zero-order chi connectivity index (χ0) is 11.6. The Morgan fingerprint density at radius 3 is 1.64 bits per heavy atom. The summed E-state index contributed by atoms with van der Waals surface area (Å²) in [5, 5.41) is 0. The molecule has 14 heavy (non-hydrogen) atoms. The molecule has 0 rings (SSSR count). The Morgan fingerprint density at radius 2 is 1.36 bits per heavy atom. The van der Waals surface area contributed by atoms with Gasteiger partial charge in [0.15, 0.2) is 0 Å². The number of hydrogen-bond donors (Lipinski definition) is 0. The molecule has 0 saturated carbocycles. The van der Waals surface area contributed by atoms with Crippen LogP contribution in [0.3, 0.4) is 0 Å². The van der Waals surface area contributed by atoms with Crippen molar-refractivity contribution in [3.63, 3.8) is 0 Å². The van der Waals surface area contributed by atoms with E-state index in [1.807, 2.05) is 0 Å². The lowest BCUT2D eigenvalue weighted by Crippen LogP contribution is -2.51. The summed E-state index contributed by atoms with van der Waals surface area (Å²) in [4.78, 5) is 0. The number of halogens is 7. The summed E-state index contributed by atoms with van der Waals surface area (Å²) in [5.74, 6) is -9.65. The highest BCUT2D eigenvalue weighted by Gasteiger charge is 2.72. The first kappa shape index (κ1) is 13.1. The fraction of sp³-hybridized carbons (Fsp3) is 0.714. The lowest BCUT2D eigenvalue weighted by molar-refractivity contribution is -0.355. The van der Waals surface area contributed by atoms with Crippen LogP contribution in [0, 0.1) is 12.3 Å². The SMILES string of the molecule is C#CCCC(F)(F)C(F)(F)C(F)(F)F. The normalized spacial score (nSPS) is 13.9. The van der Waals surface area contributed by atoms with Gasteiger partial charge in [0, 0.05) is 12.8 Å². The molecule has 0 saturated heterocycles. The maximum Gasteiger partial charge on any atom is 0.459 e. The van der Waals surface area contributed by atoms with Gasteiger partial charge in [-0.1, -0.05) is 0 Å². The Hall–Kier alpha value is -0.930. The summed E-state index contributed by atoms with van der Waals surface area (Å²) in [6, 6.07) is 0. The van der Waals surface area contributed by atoms with Crippen molar-refractivity contribution in [2.75, 3.05) is 0 Å². The number of rotatable bonds is 3. The minimum atomic E-state index is -6.27. The van der Waals surface area contributed by atoms with Crippen LogP contribution in [-0.4, -0.2) is 18.0 Å². The van der Waals surface area contributed by atoms with E-state index in [0.717, 1.165) is 0 Å². The largest absolute Gasteiger partial charge is 0.459 e. The van der Waals surface area contributed by atoms with Crippen LogP contribution in [0.4, 0.5) is 30.7 Å². The van der Waals surface area contributed by atoms with Crippen LogP contribution in [0.15, 0.2) is 0 Å². The Balaban J connectivity index is 4.80. The molecule has 0 N–H and O–H groups in total. The Bertz CT molecular complexity index is 231. The first-order chi connectivity index (χ1) is 6.06. The number of alkyl halides is 7. The van der Waals surface area contributed by atoms with E-state index in [-0.39, 0.29) is 0 Å². The summed E-state index contributed by atoms with van der Waals surface area (Å²) >= 11 is 0. The zero-order valence-electron chi connectivity index (χ0n) is 6.64. The van der Waals surface area contributed by atoms with E-state index >= 15 is 0 Å². The van der Waals surface area contributed by atoms with E-state index in [2.05, 4.69) is 6.42 Å². The highest BCUT2D eigenvalue weighted by Crippen LogP contribution is 2.48. The minimum absolute atomic E-state index is 0.849. The van der Waals surface area contributed by atoms with Gasteiger partial charge in [-0.15, -0.1) is 12.3 Å². The molecule has 0 atom stereocenters. The predicted molar refractivity (Wildman–Crippen MR) is 34.0 cm³/mol. The van der Waals surface area contributed by atoms with Gasteiger partial charge in [-0.05, 0) is 0 Å². The van der Waals surface area contributed by atoms with E-state index in [0.29, 0.717) is 0 Å². The first-order valence-electron chi connectivity index (χ1n) is 3.32. The van der Waals surface area contributed by atoms with Crippen LogP contribution in [0.25, 0.3) is 0 Å². The molecule has 0 radical (unpaired) electrons. The van der Waals surface area contributed by atoms with Crippen molar-refractivity contribution in [3.05, 3.63) is 0 Å². The van der Waals surface area contributed by atoms with Crippen molar-refractivity contribution in [2.45, 2.75) is 30.9 Å². The van der Waals surface area contributed by atoms with Gasteiger partial charge in [-0.3, -0.25) is 0 Å². The lowest BCUT2D eigenvalue weighted by atomic mass is 10.1. The van der Waals surface area contributed by atoms with E-state index in [1.165, 1.54) is 0 Å². The van der Waals surface area contributed by atoms with E-state index in [1.54, 1.807) is 5.92 Å². The molecule has 0 fully saturated rings. The molecule has 0 heterocycles. The van der Waals surface area contributed by atoms with Crippen LogP contribution in [-0.2, 0) is 0 Å². The predicted octanol–water partition coefficient (Wildman–Crippen LogP) is 3.23. The molecule has 0 spiro atoms. The maximum atomic E-state index is 12.3. The second-order valence-electron chi connectivity index (χ2n) is 2.48. The van der Waals surface area contributed by atoms with Crippen LogP contribution in [0.2, 0.25) is 0 Å². The van der Waals surface area contributed by atoms with Crippen molar-refractivity contribution in [3.8, 4) is 12.3 Å². The standard InChI is InChI=1S/C7H5F7/c1-2-3-4-5(8,9)6(10,11)7(12,13)14/h1H,3-4H2. The van der Waals surface area contributed by atoms with Crippen LogP contribution < -0.4 is 0 Å². The third-order valence-corrected chi connectivity index (χ3v) is 1.40. The van der Waals surface area contributed by atoms with Gasteiger partial charge in [-0.25, -0.2) is 0 Å². The Morgan fingerprint density at radius 1 is 0.929 bits per heavy atom. The summed E-state index contributed by atoms with van der Waals surface area (Å²) in [6.07, 6.45) is -4.34. The minimum Gasteiger partial charge on any atom is -0.199 e. The third kappa shape index (κ3) is 2.30. The summed E-state index contributed by atoms with van der Waals surface area (Å²) < 4.78 is 83.2. The summed E-state index contributed by atoms with van der Waals surface area (Å²) in [7, 11) is 0. The molecule has 0 aliphatic heterocycles. The molecule has 0 aliphatic rings. The van der Waals surface area contributed by atoms with Gasteiger partial charge in [-0.2, -0.15) is 30.7 Å². The van der Waals surface area contributed by atoms with Crippen LogP contribution >= 0.6 is 0 Å². The topological polar surface area (TPSA) is 0 Å². The average molecular weight is 222 g/mol. The van der Waals surface area contributed by atoms with Crippen molar-refractivity contribution in [2.24, 2.45) is 0 Å². The molecular weight excluding hydrogens is 217 g/mol. The number of hydrogen-bond acceptors (Lipinski definition) is 0. The van der Waals surface area contributed by atoms with Crippen LogP contribution in [0.1, 0.15) is 12.8 Å². The van der Waals surface area contributed by atoms with Crippen molar-refractivity contribution in [1.82, 2.24) is 0 Å². The van der Waals surface area contributed by atoms with E-state index in [9.17, 15) is 30.7 Å². The molecule has 82 valence electrons. The van der Waals surface area contributed by atoms with Gasteiger partial charge in [0.1, 0.15) is 0 Å². The fourth-order valence-corrected chi connectivity index (χ4v) is 0.594. The smallest absolute Gasteiger partial charge is 0.199 e. The number of terminal acetylenes is 1. The van der Waals surface area contributed by atoms with Gasteiger partial charge in [0.05, 0.1) is 0 Å². The molecule has 0 unspecified atom stereocenters. The lowest BCUT2D eigenvalue weighted by Gasteiger charge is -2.27. The summed E-state index contributed by atoms with van der Waals surface area (Å²) in [5.41, 5.74) is 0. The second kappa shape index (κ2) is 3.67. The summed E-state index contributed by atoms with van der Waals surface area (Å²) in [6.45, 7) is 0. The first-order valence-corrected chi connectivity index (χ1v) is 3.32. The van der Waals surface area contributed by atoms with Crippen molar-refractivity contribution < 1.29 is 30.7 Å². The second-order valence-corrected chi connectivity index (χ2v) is 2.48. The molecule has 0 aliphatic carbocycles. The molecule has 0 nitrogen and oxygen atoms in total. The highest BCUT2D eigenvalue weighted by atomic mass is 19.4. The van der Waals surface area contributed by atoms with Crippen LogP contribution in [0.5, 0.6) is 0 Å². The maximum absolute atomic E-state index is 12.3.